The molecule has 0 amide bonds. The third kappa shape index (κ3) is 2.94. The summed E-state index contributed by atoms with van der Waals surface area (Å²) >= 11 is 1.56. The number of nitrogens with zero attached hydrogens (tertiary/aromatic N) is 2. The molecule has 19 heavy (non-hydrogen) atoms. The molecule has 0 aliphatic carbocycles. The minimum absolute atomic E-state index is 0. The van der Waals surface area contributed by atoms with Gasteiger partial charge in [0.1, 0.15) is 0 Å². The molecule has 0 aromatic carbocycles. The third-order valence-corrected chi connectivity index (χ3v) is 3.36. The summed E-state index contributed by atoms with van der Waals surface area (Å²) in [5.74, 6) is 0. The Morgan fingerprint density at radius 1 is 1.32 bits per heavy atom. The summed E-state index contributed by atoms with van der Waals surface area (Å²) < 4.78 is 5.05. The van der Waals surface area contributed by atoms with E-state index in [4.69, 9.17) is 4.42 Å². The Kier molecular flexibility index (Phi) is 4.19. The Bertz CT molecular complexity index is 651. The number of furan rings is 1. The van der Waals surface area contributed by atoms with Gasteiger partial charge in [-0.3, -0.25) is 4.98 Å². The lowest BCUT2D eigenvalue weighted by Gasteiger charge is -2.04. The quantitative estimate of drug-likeness (QED) is 0.783. The van der Waals surface area contributed by atoms with Gasteiger partial charge in [0.25, 0.3) is 0 Å². The molecule has 6 heteroatoms. The van der Waals surface area contributed by atoms with Gasteiger partial charge < -0.3 is 9.73 Å². The lowest BCUT2D eigenvalue weighted by Crippen LogP contribution is -1.93. The van der Waals surface area contributed by atoms with Crippen LogP contribution in [0.5, 0.6) is 0 Å². The summed E-state index contributed by atoms with van der Waals surface area (Å²) in [5, 5.41) is 6.12. The second kappa shape index (κ2) is 5.86. The van der Waals surface area contributed by atoms with Crippen molar-refractivity contribution in [2.24, 2.45) is 0 Å². The van der Waals surface area contributed by atoms with E-state index in [-0.39, 0.29) is 12.4 Å². The van der Waals surface area contributed by atoms with E-state index in [1.807, 2.05) is 24.4 Å². The van der Waals surface area contributed by atoms with Crippen LogP contribution in [0.15, 0.2) is 46.8 Å². The van der Waals surface area contributed by atoms with Gasteiger partial charge in [-0.1, -0.05) is 0 Å². The lowest BCUT2D eigenvalue weighted by atomic mass is 10.2. The molecule has 3 heterocycles. The minimum Gasteiger partial charge on any atom is -0.472 e. The monoisotopic (exact) mass is 293 g/mol. The molecule has 1 N–H and O–H groups in total. The average molecular weight is 294 g/mol. The molecule has 4 nitrogen and oxygen atoms in total. The van der Waals surface area contributed by atoms with Gasteiger partial charge in [-0.05, 0) is 24.6 Å². The topological polar surface area (TPSA) is 51.0 Å². The smallest absolute Gasteiger partial charge is 0.187 e. The number of aromatic nitrogens is 2. The van der Waals surface area contributed by atoms with Crippen LogP contribution in [-0.2, 0) is 0 Å². The van der Waals surface area contributed by atoms with Crippen molar-refractivity contribution < 1.29 is 4.42 Å². The van der Waals surface area contributed by atoms with Crippen LogP contribution in [0.1, 0.15) is 5.56 Å². The molecule has 3 aromatic rings. The summed E-state index contributed by atoms with van der Waals surface area (Å²) in [7, 11) is 0. The highest BCUT2D eigenvalue weighted by Crippen LogP contribution is 2.27. The van der Waals surface area contributed by atoms with E-state index in [2.05, 4.69) is 15.3 Å². The van der Waals surface area contributed by atoms with Gasteiger partial charge in [0.05, 0.1) is 30.1 Å². The third-order valence-electron chi connectivity index (χ3n) is 2.60. The second-order valence-electron chi connectivity index (χ2n) is 3.87. The summed E-state index contributed by atoms with van der Waals surface area (Å²) in [6.07, 6.45) is 6.91. The number of hydrogen-bond acceptors (Lipinski definition) is 5. The first kappa shape index (κ1) is 13.6. The molecule has 0 fully saturated rings. The van der Waals surface area contributed by atoms with Gasteiger partial charge in [-0.2, -0.15) is 0 Å². The Morgan fingerprint density at radius 3 is 2.95 bits per heavy atom. The highest BCUT2D eigenvalue weighted by molar-refractivity contribution is 7.14. The summed E-state index contributed by atoms with van der Waals surface area (Å²) in [6.45, 7) is 2.04. The highest BCUT2D eigenvalue weighted by atomic mass is 35.5. The number of hydrogen-bond donors (Lipinski definition) is 1. The molecule has 3 aromatic heterocycles. The maximum atomic E-state index is 5.05. The van der Waals surface area contributed by atoms with Crippen molar-refractivity contribution >= 4 is 34.6 Å². The van der Waals surface area contributed by atoms with E-state index in [9.17, 15) is 0 Å². The number of nitrogens with one attached hydrogen (secondary N) is 1. The fourth-order valence-corrected chi connectivity index (χ4v) is 2.32. The maximum absolute atomic E-state index is 5.05. The zero-order chi connectivity index (χ0) is 12.4. The number of halogens is 1. The van der Waals surface area contributed by atoms with E-state index in [0.717, 1.165) is 27.6 Å². The molecule has 0 unspecified atom stereocenters. The lowest BCUT2D eigenvalue weighted by molar-refractivity contribution is 0.568. The van der Waals surface area contributed by atoms with Gasteiger partial charge >= 0.3 is 0 Å². The molecule has 3 rings (SSSR count). The minimum atomic E-state index is 0. The van der Waals surface area contributed by atoms with E-state index in [1.165, 1.54) is 0 Å². The standard InChI is InChI=1S/C13H11N3OS.ClH/c1-9-2-4-14-6-11(9)15-13-16-12(8-18-13)10-3-5-17-7-10;/h2-8H,1H3,(H,15,16);1H. The van der Waals surface area contributed by atoms with Crippen LogP contribution in [0.3, 0.4) is 0 Å². The first-order valence-corrected chi connectivity index (χ1v) is 6.36. The Hall–Kier alpha value is -1.85. The molecule has 0 radical (unpaired) electrons. The first-order valence-electron chi connectivity index (χ1n) is 5.48. The molecule has 0 saturated heterocycles. The predicted molar refractivity (Wildman–Crippen MR) is 79.3 cm³/mol. The molecule has 0 saturated carbocycles. The molecule has 0 aliphatic heterocycles. The molecule has 0 spiro atoms. The summed E-state index contributed by atoms with van der Waals surface area (Å²) in [6, 6.07) is 3.86. The summed E-state index contributed by atoms with van der Waals surface area (Å²) in [4.78, 5) is 8.61. The van der Waals surface area contributed by atoms with E-state index >= 15 is 0 Å². The number of aryl methyl sites for hydroxylation is 1. The Morgan fingerprint density at radius 2 is 2.21 bits per heavy atom. The number of thiazole rings is 1. The summed E-state index contributed by atoms with van der Waals surface area (Å²) in [5.41, 5.74) is 4.02. The zero-order valence-corrected chi connectivity index (χ0v) is 11.8. The normalized spacial score (nSPS) is 9.95. The zero-order valence-electron chi connectivity index (χ0n) is 10.2. The molecule has 0 atom stereocenters. The van der Waals surface area contributed by atoms with Crippen LogP contribution in [0.4, 0.5) is 10.8 Å². The molecular formula is C13H12ClN3OS. The van der Waals surface area contributed by atoms with Crippen molar-refractivity contribution in [2.45, 2.75) is 6.92 Å². The maximum Gasteiger partial charge on any atom is 0.187 e. The molecule has 0 aliphatic rings. The van der Waals surface area contributed by atoms with Crippen molar-refractivity contribution in [1.82, 2.24) is 9.97 Å². The van der Waals surface area contributed by atoms with Crippen molar-refractivity contribution in [1.29, 1.82) is 0 Å². The van der Waals surface area contributed by atoms with Crippen LogP contribution >= 0.6 is 23.7 Å². The van der Waals surface area contributed by atoms with Crippen molar-refractivity contribution in [3.05, 3.63) is 48.0 Å². The van der Waals surface area contributed by atoms with Crippen LogP contribution in [0.25, 0.3) is 11.3 Å². The van der Waals surface area contributed by atoms with Gasteiger partial charge in [-0.25, -0.2) is 4.98 Å². The second-order valence-corrected chi connectivity index (χ2v) is 4.72. The van der Waals surface area contributed by atoms with Crippen LogP contribution in [0, 0.1) is 6.92 Å². The van der Waals surface area contributed by atoms with E-state index in [0.29, 0.717) is 0 Å². The van der Waals surface area contributed by atoms with Crippen molar-refractivity contribution in [2.75, 3.05) is 5.32 Å². The Balaban J connectivity index is 0.00000133. The van der Waals surface area contributed by atoms with Gasteiger partial charge in [-0.15, -0.1) is 23.7 Å². The van der Waals surface area contributed by atoms with Gasteiger partial charge in [0.2, 0.25) is 0 Å². The first-order chi connectivity index (χ1) is 8.83. The Labute approximate surface area is 120 Å². The number of pyridine rings is 1. The van der Waals surface area contributed by atoms with Crippen molar-refractivity contribution in [3.63, 3.8) is 0 Å². The van der Waals surface area contributed by atoms with Crippen LogP contribution in [0.2, 0.25) is 0 Å². The molecular weight excluding hydrogens is 282 g/mol. The van der Waals surface area contributed by atoms with Crippen molar-refractivity contribution in [3.8, 4) is 11.3 Å². The number of rotatable bonds is 3. The largest absolute Gasteiger partial charge is 0.472 e. The van der Waals surface area contributed by atoms with Gasteiger partial charge in [0, 0.05) is 17.1 Å². The fourth-order valence-electron chi connectivity index (χ4n) is 1.58. The predicted octanol–water partition coefficient (Wildman–Crippen LogP) is 4.27. The number of anilines is 2. The SMILES string of the molecule is Cc1ccncc1Nc1nc(-c2ccoc2)cs1.Cl. The van der Waals surface area contributed by atoms with Crippen LogP contribution < -0.4 is 5.32 Å². The van der Waals surface area contributed by atoms with Gasteiger partial charge in [0.15, 0.2) is 5.13 Å². The van der Waals surface area contributed by atoms with E-state index in [1.54, 1.807) is 36.3 Å². The van der Waals surface area contributed by atoms with Crippen LogP contribution in [-0.4, -0.2) is 9.97 Å². The highest BCUT2D eigenvalue weighted by Gasteiger charge is 2.06. The molecule has 98 valence electrons. The molecule has 0 bridgehead atoms. The van der Waals surface area contributed by atoms with E-state index < -0.39 is 0 Å². The average Bonchev–Trinajstić information content (AvgIpc) is 3.02. The fraction of sp³-hybridized carbons (Fsp3) is 0.0769.